The molecule has 0 aromatic heterocycles. The van der Waals surface area contributed by atoms with Gasteiger partial charge >= 0.3 is 0 Å². The quantitative estimate of drug-likeness (QED) is 0.674. The first-order chi connectivity index (χ1) is 7.34. The minimum absolute atomic E-state index is 0.753. The number of thioether (sulfide) groups is 1. The van der Waals surface area contributed by atoms with Gasteiger partial charge in [-0.2, -0.15) is 0 Å². The van der Waals surface area contributed by atoms with E-state index < -0.39 is 0 Å². The lowest BCUT2D eigenvalue weighted by Gasteiger charge is -2.26. The van der Waals surface area contributed by atoms with E-state index in [1.54, 1.807) is 23.1 Å². The van der Waals surface area contributed by atoms with Crippen molar-refractivity contribution in [2.45, 2.75) is 5.75 Å². The van der Waals surface area contributed by atoms with Crippen LogP contribution < -0.4 is 5.84 Å². The second-order valence-corrected chi connectivity index (χ2v) is 4.61. The highest BCUT2D eigenvalue weighted by atomic mass is 32.2. The van der Waals surface area contributed by atoms with Gasteiger partial charge in [-0.1, -0.05) is 24.3 Å². The first-order valence-corrected chi connectivity index (χ1v) is 5.83. The third kappa shape index (κ3) is 1.46. The maximum Gasteiger partial charge on any atom is 0.106 e. The molecule has 0 radical (unpaired) electrons. The summed E-state index contributed by atoms with van der Waals surface area (Å²) in [6, 6.07) is 8.47. The monoisotopic (exact) mass is 217 g/mol. The Kier molecular flexibility index (Phi) is 2.04. The molecule has 1 aromatic rings. The highest BCUT2D eigenvalue weighted by Gasteiger charge is 2.21. The second kappa shape index (κ2) is 3.40. The predicted molar refractivity (Wildman–Crippen MR) is 64.0 cm³/mol. The molecular formula is C11H11N3S. The summed E-state index contributed by atoms with van der Waals surface area (Å²) in [5.41, 5.74) is 3.94. The first kappa shape index (κ1) is 9.00. The number of nitrogens with two attached hydrogens (primary N) is 1. The molecule has 0 unspecified atom stereocenters. The first-order valence-electron chi connectivity index (χ1n) is 4.84. The van der Waals surface area contributed by atoms with Crippen LogP contribution in [-0.4, -0.2) is 17.9 Å². The van der Waals surface area contributed by atoms with Crippen molar-refractivity contribution in [3.8, 4) is 0 Å². The van der Waals surface area contributed by atoms with Gasteiger partial charge in [0, 0.05) is 11.3 Å². The number of hydrogen-bond acceptors (Lipinski definition) is 4. The Morgan fingerprint density at radius 1 is 1.33 bits per heavy atom. The molecule has 3 rings (SSSR count). The van der Waals surface area contributed by atoms with Crippen LogP contribution in [0.2, 0.25) is 0 Å². The van der Waals surface area contributed by atoms with Crippen molar-refractivity contribution in [3.05, 3.63) is 40.4 Å². The molecule has 0 amide bonds. The average molecular weight is 217 g/mol. The van der Waals surface area contributed by atoms with Crippen LogP contribution >= 0.6 is 11.8 Å². The molecule has 15 heavy (non-hydrogen) atoms. The van der Waals surface area contributed by atoms with E-state index in [-0.39, 0.29) is 0 Å². The Bertz CT molecular complexity index is 465. The molecule has 0 saturated heterocycles. The van der Waals surface area contributed by atoms with Crippen LogP contribution in [0.4, 0.5) is 0 Å². The largest absolute Gasteiger partial charge is 0.296 e. The lowest BCUT2D eigenvalue weighted by Crippen LogP contribution is -2.34. The molecule has 2 N–H and O–H groups in total. The van der Waals surface area contributed by atoms with Crippen molar-refractivity contribution in [2.24, 2.45) is 10.8 Å². The molecule has 0 spiro atoms. The summed E-state index contributed by atoms with van der Waals surface area (Å²) in [5, 5.41) is 2.75. The van der Waals surface area contributed by atoms with Crippen LogP contribution in [0.3, 0.4) is 0 Å². The minimum atomic E-state index is 0.753. The Labute approximate surface area is 92.6 Å². The van der Waals surface area contributed by atoms with E-state index in [1.165, 1.54) is 16.7 Å². The topological polar surface area (TPSA) is 41.6 Å². The summed E-state index contributed by atoms with van der Waals surface area (Å²) in [4.78, 5) is 4.35. The van der Waals surface area contributed by atoms with Gasteiger partial charge in [0.1, 0.15) is 11.4 Å². The van der Waals surface area contributed by atoms with Crippen LogP contribution in [-0.2, 0) is 5.75 Å². The van der Waals surface area contributed by atoms with Gasteiger partial charge in [0.2, 0.25) is 0 Å². The summed E-state index contributed by atoms with van der Waals surface area (Å²) >= 11 is 1.79. The molecule has 2 aliphatic rings. The zero-order chi connectivity index (χ0) is 10.3. The van der Waals surface area contributed by atoms with Gasteiger partial charge in [0.05, 0.1) is 6.54 Å². The molecule has 4 heteroatoms. The van der Waals surface area contributed by atoms with E-state index in [1.807, 2.05) is 0 Å². The molecule has 2 aliphatic heterocycles. The van der Waals surface area contributed by atoms with Crippen LogP contribution in [0.5, 0.6) is 0 Å². The average Bonchev–Trinajstić information content (AvgIpc) is 2.29. The van der Waals surface area contributed by atoms with Crippen LogP contribution in [0, 0.1) is 0 Å². The van der Waals surface area contributed by atoms with Gasteiger partial charge in [-0.25, -0.2) is 10.8 Å². The summed E-state index contributed by atoms with van der Waals surface area (Å²) < 4.78 is 0. The second-order valence-electron chi connectivity index (χ2n) is 3.65. The fraction of sp³-hybridized carbons (Fsp3) is 0.182. The molecule has 0 saturated carbocycles. The third-order valence-electron chi connectivity index (χ3n) is 2.63. The lowest BCUT2D eigenvalue weighted by atomic mass is 10.0. The number of hydrogen-bond donors (Lipinski definition) is 1. The number of hydrazine groups is 1. The number of aliphatic imine (C=N–C) groups is 1. The van der Waals surface area contributed by atoms with E-state index in [9.17, 15) is 0 Å². The van der Waals surface area contributed by atoms with E-state index >= 15 is 0 Å². The van der Waals surface area contributed by atoms with Crippen molar-refractivity contribution in [2.75, 3.05) is 6.54 Å². The zero-order valence-electron chi connectivity index (χ0n) is 8.18. The van der Waals surface area contributed by atoms with E-state index in [0.717, 1.165) is 17.3 Å². The van der Waals surface area contributed by atoms with E-state index in [2.05, 4.69) is 29.3 Å². The van der Waals surface area contributed by atoms with Crippen molar-refractivity contribution in [1.29, 1.82) is 0 Å². The maximum atomic E-state index is 5.74. The summed E-state index contributed by atoms with van der Waals surface area (Å²) in [5.74, 6) is 6.75. The van der Waals surface area contributed by atoms with Gasteiger partial charge in [-0.05, 0) is 11.1 Å². The molecule has 3 nitrogen and oxygen atoms in total. The Morgan fingerprint density at radius 2 is 2.20 bits per heavy atom. The number of fused-ring (bicyclic) bond motifs is 2. The smallest absolute Gasteiger partial charge is 0.106 e. The summed E-state index contributed by atoms with van der Waals surface area (Å²) in [6.07, 6.45) is 1.69. The minimum Gasteiger partial charge on any atom is -0.296 e. The number of rotatable bonds is 0. The van der Waals surface area contributed by atoms with Crippen molar-refractivity contribution in [1.82, 2.24) is 5.01 Å². The fourth-order valence-corrected chi connectivity index (χ4v) is 2.92. The molecule has 0 aliphatic carbocycles. The van der Waals surface area contributed by atoms with Gasteiger partial charge in [-0.15, -0.1) is 11.8 Å². The fourth-order valence-electron chi connectivity index (χ4n) is 1.91. The molecule has 0 fully saturated rings. The van der Waals surface area contributed by atoms with Gasteiger partial charge < -0.3 is 0 Å². The lowest BCUT2D eigenvalue weighted by molar-refractivity contribution is 0.505. The van der Waals surface area contributed by atoms with Crippen molar-refractivity contribution < 1.29 is 0 Å². The Balaban J connectivity index is 2.14. The molecule has 76 valence electrons. The van der Waals surface area contributed by atoms with E-state index in [4.69, 9.17) is 5.84 Å². The predicted octanol–water partition coefficient (Wildman–Crippen LogP) is 1.82. The van der Waals surface area contributed by atoms with Gasteiger partial charge in [0.15, 0.2) is 0 Å². The molecule has 1 aromatic carbocycles. The Hall–Kier alpha value is -1.26. The Morgan fingerprint density at radius 3 is 3.13 bits per heavy atom. The molecule has 0 bridgehead atoms. The normalized spacial score (nSPS) is 18.9. The van der Waals surface area contributed by atoms with Crippen LogP contribution in [0.25, 0.3) is 5.57 Å². The summed E-state index contributed by atoms with van der Waals surface area (Å²) in [7, 11) is 0. The highest BCUT2D eigenvalue weighted by molar-refractivity contribution is 8.02. The maximum absolute atomic E-state index is 5.74. The van der Waals surface area contributed by atoms with Crippen LogP contribution in [0.15, 0.2) is 34.3 Å². The van der Waals surface area contributed by atoms with Gasteiger partial charge in [0.25, 0.3) is 0 Å². The standard InChI is InChI=1S/C11H11N3S/c12-14-5-10-9-4-2-1-3-8(9)6-15-11(10)13-7-14/h1-4,7H,5-6,12H2. The SMILES string of the molecule is NN1C=NC2=C(C1)c1ccccc1CS2. The molecular weight excluding hydrogens is 206 g/mol. The molecule has 0 atom stereocenters. The number of nitrogens with zero attached hydrogens (tertiary/aromatic N) is 2. The summed E-state index contributed by atoms with van der Waals surface area (Å²) in [6.45, 7) is 0.753. The van der Waals surface area contributed by atoms with Crippen molar-refractivity contribution in [3.63, 3.8) is 0 Å². The van der Waals surface area contributed by atoms with Crippen molar-refractivity contribution >= 4 is 23.7 Å². The van der Waals surface area contributed by atoms with Crippen LogP contribution in [0.1, 0.15) is 11.1 Å². The van der Waals surface area contributed by atoms with Gasteiger partial charge in [-0.3, -0.25) is 5.01 Å². The highest BCUT2D eigenvalue weighted by Crippen LogP contribution is 2.39. The molecule has 2 heterocycles. The third-order valence-corrected chi connectivity index (χ3v) is 3.71. The number of benzene rings is 1. The zero-order valence-corrected chi connectivity index (χ0v) is 9.00. The van der Waals surface area contributed by atoms with E-state index in [0.29, 0.717) is 0 Å².